The lowest BCUT2D eigenvalue weighted by atomic mass is 10.2. The number of amides is 1. The Labute approximate surface area is 122 Å². The second-order valence-corrected chi connectivity index (χ2v) is 5.68. The van der Waals surface area contributed by atoms with Crippen molar-refractivity contribution in [3.05, 3.63) is 29.8 Å². The van der Waals surface area contributed by atoms with Crippen molar-refractivity contribution in [2.45, 2.75) is 30.2 Å². The Hall–Kier alpha value is -1.69. The standard InChI is InChI=1S/C14H19N3O2S/c1-20-12-6-2-10(3-7-12)14(18)17(11-4-5-11)9-8-13(15)16-19/h2-3,6-7,11,19H,4-5,8-9H2,1H3,(H2,15,16). The minimum atomic E-state index is 0.0193. The smallest absolute Gasteiger partial charge is 0.254 e. The molecule has 5 nitrogen and oxygen atoms in total. The van der Waals surface area contributed by atoms with Crippen molar-refractivity contribution in [1.29, 1.82) is 0 Å². The van der Waals surface area contributed by atoms with E-state index in [1.165, 1.54) is 0 Å². The van der Waals surface area contributed by atoms with E-state index < -0.39 is 0 Å². The first-order chi connectivity index (χ1) is 9.65. The summed E-state index contributed by atoms with van der Waals surface area (Å²) in [5, 5.41) is 11.5. The molecule has 0 aromatic heterocycles. The molecule has 0 atom stereocenters. The summed E-state index contributed by atoms with van der Waals surface area (Å²) in [6.07, 6.45) is 4.46. The Morgan fingerprint density at radius 1 is 1.45 bits per heavy atom. The van der Waals surface area contributed by atoms with Crippen LogP contribution in [0.3, 0.4) is 0 Å². The third kappa shape index (κ3) is 3.66. The average Bonchev–Trinajstić information content (AvgIpc) is 3.31. The van der Waals surface area contributed by atoms with Crippen LogP contribution in [0.5, 0.6) is 0 Å². The largest absolute Gasteiger partial charge is 0.409 e. The van der Waals surface area contributed by atoms with E-state index in [-0.39, 0.29) is 11.7 Å². The van der Waals surface area contributed by atoms with Crippen LogP contribution in [0.25, 0.3) is 0 Å². The number of hydrogen-bond donors (Lipinski definition) is 2. The van der Waals surface area contributed by atoms with Gasteiger partial charge in [0.1, 0.15) is 5.84 Å². The molecule has 3 N–H and O–H groups in total. The maximum absolute atomic E-state index is 12.5. The molecule has 1 aliphatic carbocycles. The first kappa shape index (κ1) is 14.7. The molecule has 1 aliphatic rings. The topological polar surface area (TPSA) is 78.9 Å². The zero-order chi connectivity index (χ0) is 14.5. The van der Waals surface area contributed by atoms with Crippen LogP contribution in [0, 0.1) is 0 Å². The fraction of sp³-hybridized carbons (Fsp3) is 0.429. The third-order valence-corrected chi connectivity index (χ3v) is 4.07. The van der Waals surface area contributed by atoms with Crippen LogP contribution in [0.1, 0.15) is 29.6 Å². The fourth-order valence-electron chi connectivity index (χ4n) is 2.02. The van der Waals surface area contributed by atoms with Crippen molar-refractivity contribution >= 4 is 23.5 Å². The Bertz CT molecular complexity index is 498. The van der Waals surface area contributed by atoms with Crippen molar-refractivity contribution < 1.29 is 10.0 Å². The van der Waals surface area contributed by atoms with Crippen LogP contribution < -0.4 is 5.73 Å². The maximum atomic E-state index is 12.5. The van der Waals surface area contributed by atoms with E-state index in [9.17, 15) is 4.79 Å². The Kier molecular flexibility index (Phi) is 4.89. The predicted octanol–water partition coefficient (Wildman–Crippen LogP) is 2.15. The van der Waals surface area contributed by atoms with Gasteiger partial charge in [-0.05, 0) is 43.4 Å². The molecule has 2 rings (SSSR count). The number of amidine groups is 1. The molecule has 0 radical (unpaired) electrons. The van der Waals surface area contributed by atoms with Crippen LogP contribution in [0.2, 0.25) is 0 Å². The van der Waals surface area contributed by atoms with Gasteiger partial charge in [-0.15, -0.1) is 11.8 Å². The highest BCUT2D eigenvalue weighted by Crippen LogP contribution is 2.28. The van der Waals surface area contributed by atoms with E-state index in [1.54, 1.807) is 11.8 Å². The summed E-state index contributed by atoms with van der Waals surface area (Å²) in [5.41, 5.74) is 6.17. The lowest BCUT2D eigenvalue weighted by Gasteiger charge is -2.22. The summed E-state index contributed by atoms with van der Waals surface area (Å²) in [7, 11) is 0. The van der Waals surface area contributed by atoms with E-state index in [0.717, 1.165) is 17.7 Å². The monoisotopic (exact) mass is 293 g/mol. The van der Waals surface area contributed by atoms with Crippen LogP contribution in [-0.4, -0.2) is 40.7 Å². The molecule has 1 amide bonds. The third-order valence-electron chi connectivity index (χ3n) is 3.32. The molecular weight excluding hydrogens is 274 g/mol. The first-order valence-corrected chi connectivity index (χ1v) is 7.79. The van der Waals surface area contributed by atoms with Crippen molar-refractivity contribution in [1.82, 2.24) is 4.90 Å². The van der Waals surface area contributed by atoms with Gasteiger partial charge in [0, 0.05) is 29.5 Å². The molecule has 1 aromatic carbocycles. The van der Waals surface area contributed by atoms with Gasteiger partial charge in [-0.25, -0.2) is 0 Å². The van der Waals surface area contributed by atoms with E-state index in [2.05, 4.69) is 5.16 Å². The highest BCUT2D eigenvalue weighted by molar-refractivity contribution is 7.98. The fourth-order valence-corrected chi connectivity index (χ4v) is 2.43. The summed E-state index contributed by atoms with van der Waals surface area (Å²) < 4.78 is 0. The van der Waals surface area contributed by atoms with Gasteiger partial charge in [-0.3, -0.25) is 4.79 Å². The zero-order valence-corrected chi connectivity index (χ0v) is 12.3. The second kappa shape index (κ2) is 6.65. The van der Waals surface area contributed by atoms with Gasteiger partial charge in [0.2, 0.25) is 0 Å². The number of hydrogen-bond acceptors (Lipinski definition) is 4. The molecule has 108 valence electrons. The molecule has 0 bridgehead atoms. The van der Waals surface area contributed by atoms with Gasteiger partial charge in [-0.1, -0.05) is 5.16 Å². The molecular formula is C14H19N3O2S. The van der Waals surface area contributed by atoms with Crippen LogP contribution in [0.15, 0.2) is 34.3 Å². The van der Waals surface area contributed by atoms with Gasteiger partial charge in [0.05, 0.1) is 0 Å². The van der Waals surface area contributed by atoms with Crippen molar-refractivity contribution in [2.75, 3.05) is 12.8 Å². The van der Waals surface area contributed by atoms with Crippen LogP contribution in [0.4, 0.5) is 0 Å². The number of carbonyl (C=O) groups is 1. The van der Waals surface area contributed by atoms with Gasteiger partial charge in [-0.2, -0.15) is 0 Å². The normalized spacial score (nSPS) is 15.2. The van der Waals surface area contributed by atoms with Gasteiger partial charge >= 0.3 is 0 Å². The number of rotatable bonds is 6. The minimum absolute atomic E-state index is 0.0193. The molecule has 0 unspecified atom stereocenters. The summed E-state index contributed by atoms with van der Waals surface area (Å²) >= 11 is 1.65. The molecule has 1 aromatic rings. The highest BCUT2D eigenvalue weighted by Gasteiger charge is 2.32. The number of nitrogens with zero attached hydrogens (tertiary/aromatic N) is 2. The average molecular weight is 293 g/mol. The van der Waals surface area contributed by atoms with E-state index in [4.69, 9.17) is 10.9 Å². The Morgan fingerprint density at radius 3 is 2.60 bits per heavy atom. The Balaban J connectivity index is 2.05. The highest BCUT2D eigenvalue weighted by atomic mass is 32.2. The number of thioether (sulfide) groups is 1. The number of oxime groups is 1. The van der Waals surface area contributed by atoms with Crippen molar-refractivity contribution in [3.63, 3.8) is 0 Å². The molecule has 20 heavy (non-hydrogen) atoms. The Morgan fingerprint density at radius 2 is 2.10 bits per heavy atom. The zero-order valence-electron chi connectivity index (χ0n) is 11.5. The number of carbonyl (C=O) groups excluding carboxylic acids is 1. The lowest BCUT2D eigenvalue weighted by Crippen LogP contribution is -2.35. The lowest BCUT2D eigenvalue weighted by molar-refractivity contribution is 0.0747. The van der Waals surface area contributed by atoms with E-state index in [1.807, 2.05) is 35.4 Å². The molecule has 1 saturated carbocycles. The molecule has 6 heteroatoms. The number of benzene rings is 1. The molecule has 1 fully saturated rings. The summed E-state index contributed by atoms with van der Waals surface area (Å²) in [6.45, 7) is 0.490. The van der Waals surface area contributed by atoms with Gasteiger partial charge in [0.25, 0.3) is 5.91 Å². The SMILES string of the molecule is CSc1ccc(C(=O)N(CCC(N)=NO)C2CC2)cc1. The summed E-state index contributed by atoms with van der Waals surface area (Å²) in [6, 6.07) is 7.91. The quantitative estimate of drug-likeness (QED) is 0.277. The van der Waals surface area contributed by atoms with E-state index in [0.29, 0.717) is 24.6 Å². The van der Waals surface area contributed by atoms with Gasteiger partial charge in [0.15, 0.2) is 0 Å². The van der Waals surface area contributed by atoms with Crippen LogP contribution in [-0.2, 0) is 0 Å². The van der Waals surface area contributed by atoms with Crippen LogP contribution >= 0.6 is 11.8 Å². The summed E-state index contributed by atoms with van der Waals surface area (Å²) in [4.78, 5) is 15.5. The predicted molar refractivity (Wildman–Crippen MR) is 80.3 cm³/mol. The molecule has 0 saturated heterocycles. The minimum Gasteiger partial charge on any atom is -0.409 e. The van der Waals surface area contributed by atoms with Gasteiger partial charge < -0.3 is 15.8 Å². The first-order valence-electron chi connectivity index (χ1n) is 6.57. The van der Waals surface area contributed by atoms with Crippen molar-refractivity contribution in [3.8, 4) is 0 Å². The maximum Gasteiger partial charge on any atom is 0.254 e. The summed E-state index contributed by atoms with van der Waals surface area (Å²) in [5.74, 6) is 0.173. The molecule has 0 aliphatic heterocycles. The molecule has 0 heterocycles. The number of nitrogens with two attached hydrogens (primary N) is 1. The molecule has 0 spiro atoms. The van der Waals surface area contributed by atoms with E-state index >= 15 is 0 Å². The second-order valence-electron chi connectivity index (χ2n) is 4.80. The van der Waals surface area contributed by atoms with Crippen molar-refractivity contribution in [2.24, 2.45) is 10.9 Å².